The maximum absolute atomic E-state index is 11.9. The summed E-state index contributed by atoms with van der Waals surface area (Å²) in [6, 6.07) is 5.40. The van der Waals surface area contributed by atoms with Gasteiger partial charge in [0.25, 0.3) is 5.91 Å². The molecule has 0 saturated heterocycles. The number of nitrogens with one attached hydrogen (secondary N) is 1. The van der Waals surface area contributed by atoms with E-state index in [0.29, 0.717) is 17.1 Å². The fourth-order valence-corrected chi connectivity index (χ4v) is 1.86. The summed E-state index contributed by atoms with van der Waals surface area (Å²) in [6.45, 7) is 0. The molecule has 0 radical (unpaired) electrons. The predicted octanol–water partition coefficient (Wildman–Crippen LogP) is 2.44. The van der Waals surface area contributed by atoms with Gasteiger partial charge in [0.2, 0.25) is 0 Å². The Morgan fingerprint density at radius 3 is 2.89 bits per heavy atom. The van der Waals surface area contributed by atoms with Gasteiger partial charge in [0.1, 0.15) is 11.4 Å². The Hall–Kier alpha value is -1.82. The first kappa shape index (κ1) is 12.6. The molecule has 2 rings (SSSR count). The summed E-state index contributed by atoms with van der Waals surface area (Å²) in [5, 5.41) is 2.76. The van der Waals surface area contributed by atoms with Crippen molar-refractivity contribution in [2.45, 2.75) is 0 Å². The third-order valence-electron chi connectivity index (χ3n) is 2.35. The van der Waals surface area contributed by atoms with Gasteiger partial charge in [-0.05, 0) is 18.2 Å². The van der Waals surface area contributed by atoms with Crippen molar-refractivity contribution >= 4 is 27.5 Å². The maximum Gasteiger partial charge on any atom is 0.275 e. The molecule has 0 atom stereocenters. The van der Waals surface area contributed by atoms with Crippen LogP contribution in [-0.4, -0.2) is 22.6 Å². The predicted molar refractivity (Wildman–Crippen MR) is 71.9 cm³/mol. The fraction of sp³-hybridized carbons (Fsp3) is 0.167. The standard InChI is InChI=1S/C12H12BrN3O2/c1-16-6-10(14-7-16)12(17)15-9-5-8(13)3-4-11(9)18-2/h3-7H,1-2H3,(H,15,17). The van der Waals surface area contributed by atoms with Crippen molar-refractivity contribution in [3.05, 3.63) is 40.9 Å². The van der Waals surface area contributed by atoms with Crippen molar-refractivity contribution in [1.29, 1.82) is 0 Å². The number of benzene rings is 1. The van der Waals surface area contributed by atoms with E-state index in [0.717, 1.165) is 4.47 Å². The topological polar surface area (TPSA) is 56.1 Å². The van der Waals surface area contributed by atoms with Crippen LogP contribution in [0.5, 0.6) is 5.75 Å². The van der Waals surface area contributed by atoms with Crippen LogP contribution in [0.15, 0.2) is 35.2 Å². The summed E-state index contributed by atoms with van der Waals surface area (Å²) in [5.41, 5.74) is 0.960. The van der Waals surface area contributed by atoms with Crippen LogP contribution in [-0.2, 0) is 7.05 Å². The van der Waals surface area contributed by atoms with Crippen LogP contribution < -0.4 is 10.1 Å². The largest absolute Gasteiger partial charge is 0.495 e. The quantitative estimate of drug-likeness (QED) is 0.947. The van der Waals surface area contributed by atoms with Crippen LogP contribution in [0.3, 0.4) is 0 Å². The van der Waals surface area contributed by atoms with E-state index >= 15 is 0 Å². The number of hydrogen-bond acceptors (Lipinski definition) is 3. The van der Waals surface area contributed by atoms with Crippen LogP contribution >= 0.6 is 15.9 Å². The Morgan fingerprint density at radius 2 is 2.28 bits per heavy atom. The molecule has 0 aliphatic carbocycles. The molecule has 0 unspecified atom stereocenters. The third-order valence-corrected chi connectivity index (χ3v) is 2.84. The molecular weight excluding hydrogens is 298 g/mol. The van der Waals surface area contributed by atoms with Gasteiger partial charge in [-0.1, -0.05) is 15.9 Å². The molecule has 1 aromatic heterocycles. The summed E-state index contributed by atoms with van der Waals surface area (Å²) in [6.07, 6.45) is 3.23. The smallest absolute Gasteiger partial charge is 0.275 e. The summed E-state index contributed by atoms with van der Waals surface area (Å²) < 4.78 is 7.76. The van der Waals surface area contributed by atoms with E-state index in [-0.39, 0.29) is 5.91 Å². The van der Waals surface area contributed by atoms with Gasteiger partial charge in [-0.15, -0.1) is 0 Å². The van der Waals surface area contributed by atoms with Crippen LogP contribution in [0.1, 0.15) is 10.5 Å². The number of aromatic nitrogens is 2. The normalized spacial score (nSPS) is 10.2. The monoisotopic (exact) mass is 309 g/mol. The second-order valence-corrected chi connectivity index (χ2v) is 4.64. The average molecular weight is 310 g/mol. The van der Waals surface area contributed by atoms with Crippen molar-refractivity contribution in [2.24, 2.45) is 7.05 Å². The molecule has 1 amide bonds. The number of methoxy groups -OCH3 is 1. The minimum Gasteiger partial charge on any atom is -0.495 e. The van der Waals surface area contributed by atoms with Crippen LogP contribution in [0, 0.1) is 0 Å². The lowest BCUT2D eigenvalue weighted by atomic mass is 10.3. The van der Waals surface area contributed by atoms with Crippen molar-refractivity contribution in [3.63, 3.8) is 0 Å². The molecule has 1 N–H and O–H groups in total. The molecule has 0 aliphatic rings. The van der Waals surface area contributed by atoms with E-state index < -0.39 is 0 Å². The van der Waals surface area contributed by atoms with Crippen molar-refractivity contribution in [3.8, 4) is 5.75 Å². The lowest BCUT2D eigenvalue weighted by Gasteiger charge is -2.09. The van der Waals surface area contributed by atoms with Crippen LogP contribution in [0.2, 0.25) is 0 Å². The number of ether oxygens (including phenoxy) is 1. The summed E-state index contributed by atoms with van der Waals surface area (Å²) >= 11 is 3.35. The van der Waals surface area contributed by atoms with Gasteiger partial charge in [-0.3, -0.25) is 4.79 Å². The van der Waals surface area contributed by atoms with Crippen molar-refractivity contribution < 1.29 is 9.53 Å². The molecule has 1 heterocycles. The van der Waals surface area contributed by atoms with E-state index in [2.05, 4.69) is 26.2 Å². The highest BCUT2D eigenvalue weighted by Crippen LogP contribution is 2.28. The number of imidazole rings is 1. The molecule has 0 aliphatic heterocycles. The minimum absolute atomic E-state index is 0.271. The SMILES string of the molecule is COc1ccc(Br)cc1NC(=O)c1cn(C)cn1. The number of aryl methyl sites for hydroxylation is 1. The lowest BCUT2D eigenvalue weighted by Crippen LogP contribution is -2.13. The second kappa shape index (κ2) is 5.22. The van der Waals surface area contributed by atoms with E-state index in [1.54, 1.807) is 36.3 Å². The Balaban J connectivity index is 2.23. The van der Waals surface area contributed by atoms with Crippen molar-refractivity contribution in [2.75, 3.05) is 12.4 Å². The molecule has 18 heavy (non-hydrogen) atoms. The molecule has 1 aromatic carbocycles. The van der Waals surface area contributed by atoms with Gasteiger partial charge < -0.3 is 14.6 Å². The van der Waals surface area contributed by atoms with E-state index in [4.69, 9.17) is 4.74 Å². The minimum atomic E-state index is -0.271. The molecule has 0 fully saturated rings. The first-order valence-corrected chi connectivity index (χ1v) is 6.02. The number of anilines is 1. The van der Waals surface area contributed by atoms with Gasteiger partial charge in [0, 0.05) is 17.7 Å². The zero-order chi connectivity index (χ0) is 13.1. The Labute approximate surface area is 113 Å². The third kappa shape index (κ3) is 2.70. The summed E-state index contributed by atoms with van der Waals surface area (Å²) in [7, 11) is 3.36. The fourth-order valence-electron chi connectivity index (χ4n) is 1.49. The zero-order valence-corrected chi connectivity index (χ0v) is 11.6. The first-order chi connectivity index (χ1) is 8.60. The van der Waals surface area contributed by atoms with Gasteiger partial charge in [0.15, 0.2) is 0 Å². The lowest BCUT2D eigenvalue weighted by molar-refractivity contribution is 0.102. The average Bonchev–Trinajstić information content (AvgIpc) is 2.76. The number of amides is 1. The Morgan fingerprint density at radius 1 is 1.50 bits per heavy atom. The second-order valence-electron chi connectivity index (χ2n) is 3.72. The molecule has 0 spiro atoms. The molecule has 5 nitrogen and oxygen atoms in total. The number of hydrogen-bond donors (Lipinski definition) is 1. The van der Waals surface area contributed by atoms with Gasteiger partial charge in [-0.25, -0.2) is 4.98 Å². The van der Waals surface area contributed by atoms with Gasteiger partial charge in [-0.2, -0.15) is 0 Å². The number of carbonyl (C=O) groups is 1. The number of halogens is 1. The van der Waals surface area contributed by atoms with E-state index in [9.17, 15) is 4.79 Å². The highest BCUT2D eigenvalue weighted by Gasteiger charge is 2.12. The molecule has 2 aromatic rings. The zero-order valence-electron chi connectivity index (χ0n) is 9.98. The molecule has 0 bridgehead atoms. The van der Waals surface area contributed by atoms with Crippen LogP contribution in [0.25, 0.3) is 0 Å². The number of rotatable bonds is 3. The molecule has 6 heteroatoms. The highest BCUT2D eigenvalue weighted by atomic mass is 79.9. The summed E-state index contributed by atoms with van der Waals surface area (Å²) in [5.74, 6) is 0.328. The molecular formula is C12H12BrN3O2. The number of carbonyl (C=O) groups excluding carboxylic acids is 1. The van der Waals surface area contributed by atoms with Gasteiger partial charge >= 0.3 is 0 Å². The van der Waals surface area contributed by atoms with E-state index in [1.807, 2.05) is 13.1 Å². The Bertz CT molecular complexity index is 580. The molecule has 94 valence electrons. The highest BCUT2D eigenvalue weighted by molar-refractivity contribution is 9.10. The number of nitrogens with zero attached hydrogens (tertiary/aromatic N) is 2. The van der Waals surface area contributed by atoms with Gasteiger partial charge in [0.05, 0.1) is 19.1 Å². The van der Waals surface area contributed by atoms with Crippen molar-refractivity contribution in [1.82, 2.24) is 9.55 Å². The Kier molecular flexibility index (Phi) is 3.66. The summed E-state index contributed by atoms with van der Waals surface area (Å²) in [4.78, 5) is 15.9. The maximum atomic E-state index is 11.9. The van der Waals surface area contributed by atoms with E-state index in [1.165, 1.54) is 0 Å². The van der Waals surface area contributed by atoms with Crippen LogP contribution in [0.4, 0.5) is 5.69 Å². The first-order valence-electron chi connectivity index (χ1n) is 5.23. The molecule has 0 saturated carbocycles.